The van der Waals surface area contributed by atoms with Crippen molar-refractivity contribution in [3.63, 3.8) is 0 Å². The number of hydrogen-bond acceptors (Lipinski definition) is 2. The van der Waals surface area contributed by atoms with Gasteiger partial charge in [-0.3, -0.25) is 0 Å². The molecule has 2 heteroatoms. The van der Waals surface area contributed by atoms with Crippen LogP contribution in [0.15, 0.2) is 0 Å². The van der Waals surface area contributed by atoms with E-state index in [0.29, 0.717) is 0 Å². The molecule has 0 unspecified atom stereocenters. The van der Waals surface area contributed by atoms with Crippen molar-refractivity contribution in [2.45, 2.75) is 45.6 Å². The monoisotopic (exact) mass is 147 g/mol. The SMILES string of the molecule is CCCCC(C)(C)N.CO. The number of aliphatic hydroxyl groups excluding tert-OH is 1. The summed E-state index contributed by atoms with van der Waals surface area (Å²) in [7, 11) is 1.00. The van der Waals surface area contributed by atoms with Gasteiger partial charge in [0.25, 0.3) is 0 Å². The molecule has 0 aromatic carbocycles. The first kappa shape index (κ1) is 12.6. The average molecular weight is 147 g/mol. The zero-order valence-corrected chi connectivity index (χ0v) is 7.65. The second-order valence-corrected chi connectivity index (χ2v) is 3.09. The zero-order chi connectivity index (χ0) is 8.62. The molecule has 0 saturated carbocycles. The van der Waals surface area contributed by atoms with Gasteiger partial charge < -0.3 is 10.8 Å². The molecule has 0 aromatic rings. The van der Waals surface area contributed by atoms with Crippen molar-refractivity contribution in [3.05, 3.63) is 0 Å². The third-order valence-corrected chi connectivity index (χ3v) is 1.17. The Hall–Kier alpha value is -0.0800. The summed E-state index contributed by atoms with van der Waals surface area (Å²) >= 11 is 0. The minimum atomic E-state index is 0.0516. The maximum atomic E-state index is 7.00. The first-order valence-corrected chi connectivity index (χ1v) is 3.80. The highest BCUT2D eigenvalue weighted by Crippen LogP contribution is 2.07. The van der Waals surface area contributed by atoms with E-state index < -0.39 is 0 Å². The maximum Gasteiger partial charge on any atom is 0.0319 e. The van der Waals surface area contributed by atoms with Crippen molar-refractivity contribution in [1.82, 2.24) is 0 Å². The standard InChI is InChI=1S/C7H17N.CH4O/c1-4-5-6-7(2,3)8;1-2/h4-6,8H2,1-3H3;2H,1H3. The minimum Gasteiger partial charge on any atom is -0.400 e. The lowest BCUT2D eigenvalue weighted by molar-refractivity contribution is 0.399. The van der Waals surface area contributed by atoms with Gasteiger partial charge in [0.15, 0.2) is 0 Å². The van der Waals surface area contributed by atoms with Gasteiger partial charge in [0, 0.05) is 12.6 Å². The van der Waals surface area contributed by atoms with Crippen LogP contribution in [-0.2, 0) is 0 Å². The molecule has 0 atom stereocenters. The van der Waals surface area contributed by atoms with Crippen molar-refractivity contribution in [2.24, 2.45) is 5.73 Å². The fraction of sp³-hybridized carbons (Fsp3) is 1.00. The maximum absolute atomic E-state index is 7.00. The fourth-order valence-electron chi connectivity index (χ4n) is 0.632. The summed E-state index contributed by atoms with van der Waals surface area (Å²) in [4.78, 5) is 0. The Balaban J connectivity index is 0. The van der Waals surface area contributed by atoms with E-state index in [9.17, 15) is 0 Å². The molecular formula is C8H21NO. The van der Waals surface area contributed by atoms with Crippen molar-refractivity contribution in [3.8, 4) is 0 Å². The molecule has 0 rings (SSSR count). The molecule has 0 aliphatic carbocycles. The van der Waals surface area contributed by atoms with Crippen molar-refractivity contribution >= 4 is 0 Å². The second-order valence-electron chi connectivity index (χ2n) is 3.09. The van der Waals surface area contributed by atoms with Gasteiger partial charge in [-0.05, 0) is 20.3 Å². The highest BCUT2D eigenvalue weighted by molar-refractivity contribution is 4.70. The molecule has 2 nitrogen and oxygen atoms in total. The summed E-state index contributed by atoms with van der Waals surface area (Å²) in [5, 5.41) is 7.00. The Bertz CT molecular complexity index is 56.8. The van der Waals surface area contributed by atoms with E-state index in [1.165, 1.54) is 12.8 Å². The lowest BCUT2D eigenvalue weighted by Crippen LogP contribution is -2.31. The predicted molar refractivity (Wildman–Crippen MR) is 45.9 cm³/mol. The first-order chi connectivity index (χ1) is 4.56. The molecule has 0 heterocycles. The molecule has 0 aliphatic rings. The summed E-state index contributed by atoms with van der Waals surface area (Å²) in [6.07, 6.45) is 3.65. The van der Waals surface area contributed by atoms with E-state index in [2.05, 4.69) is 20.8 Å². The van der Waals surface area contributed by atoms with E-state index >= 15 is 0 Å². The molecular weight excluding hydrogens is 126 g/mol. The fourth-order valence-corrected chi connectivity index (χ4v) is 0.632. The highest BCUT2D eigenvalue weighted by Gasteiger charge is 2.07. The summed E-state index contributed by atoms with van der Waals surface area (Å²) in [6, 6.07) is 0. The lowest BCUT2D eigenvalue weighted by Gasteiger charge is -2.16. The van der Waals surface area contributed by atoms with E-state index in [1.54, 1.807) is 0 Å². The van der Waals surface area contributed by atoms with Crippen LogP contribution in [-0.4, -0.2) is 17.8 Å². The molecule has 0 spiro atoms. The first-order valence-electron chi connectivity index (χ1n) is 3.80. The van der Waals surface area contributed by atoms with Gasteiger partial charge in [-0.15, -0.1) is 0 Å². The number of unbranched alkanes of at least 4 members (excludes halogenated alkanes) is 1. The van der Waals surface area contributed by atoms with E-state index in [1.807, 2.05) is 0 Å². The second kappa shape index (κ2) is 7.03. The van der Waals surface area contributed by atoms with Gasteiger partial charge in [-0.25, -0.2) is 0 Å². The lowest BCUT2D eigenvalue weighted by atomic mass is 9.99. The summed E-state index contributed by atoms with van der Waals surface area (Å²) in [5.41, 5.74) is 5.77. The van der Waals surface area contributed by atoms with Gasteiger partial charge in [0.2, 0.25) is 0 Å². The molecule has 0 saturated heterocycles. The molecule has 0 bridgehead atoms. The van der Waals surface area contributed by atoms with Gasteiger partial charge >= 0.3 is 0 Å². The molecule has 3 N–H and O–H groups in total. The van der Waals surface area contributed by atoms with Gasteiger partial charge in [-0.1, -0.05) is 19.8 Å². The topological polar surface area (TPSA) is 46.2 Å². The Labute approximate surface area is 64.4 Å². The summed E-state index contributed by atoms with van der Waals surface area (Å²) in [6.45, 7) is 6.33. The Kier molecular flexibility index (Phi) is 8.85. The van der Waals surface area contributed by atoms with Crippen LogP contribution in [0.1, 0.15) is 40.0 Å². The summed E-state index contributed by atoms with van der Waals surface area (Å²) in [5.74, 6) is 0. The van der Waals surface area contributed by atoms with Gasteiger partial charge in [0.05, 0.1) is 0 Å². The van der Waals surface area contributed by atoms with E-state index in [4.69, 9.17) is 10.8 Å². The van der Waals surface area contributed by atoms with Crippen LogP contribution in [0, 0.1) is 0 Å². The minimum absolute atomic E-state index is 0.0516. The average Bonchev–Trinajstić information content (AvgIpc) is 1.87. The molecule has 0 amide bonds. The van der Waals surface area contributed by atoms with Crippen molar-refractivity contribution < 1.29 is 5.11 Å². The highest BCUT2D eigenvalue weighted by atomic mass is 16.2. The van der Waals surface area contributed by atoms with Crippen LogP contribution in [0.3, 0.4) is 0 Å². The predicted octanol–water partition coefficient (Wildman–Crippen LogP) is 1.52. The molecule has 0 aliphatic heterocycles. The Morgan fingerprint density at radius 3 is 1.80 bits per heavy atom. The van der Waals surface area contributed by atoms with Crippen molar-refractivity contribution in [1.29, 1.82) is 0 Å². The van der Waals surface area contributed by atoms with Gasteiger partial charge in [0.1, 0.15) is 0 Å². The third-order valence-electron chi connectivity index (χ3n) is 1.17. The zero-order valence-electron chi connectivity index (χ0n) is 7.65. The molecule has 10 heavy (non-hydrogen) atoms. The van der Waals surface area contributed by atoms with Crippen LogP contribution >= 0.6 is 0 Å². The molecule has 0 fully saturated rings. The Morgan fingerprint density at radius 1 is 1.30 bits per heavy atom. The number of aliphatic hydroxyl groups is 1. The third kappa shape index (κ3) is 15.7. The molecule has 64 valence electrons. The smallest absolute Gasteiger partial charge is 0.0319 e. The number of rotatable bonds is 3. The summed E-state index contributed by atoms with van der Waals surface area (Å²) < 4.78 is 0. The van der Waals surface area contributed by atoms with Crippen molar-refractivity contribution in [2.75, 3.05) is 7.11 Å². The number of hydrogen-bond donors (Lipinski definition) is 2. The van der Waals surface area contributed by atoms with Crippen LogP contribution in [0.5, 0.6) is 0 Å². The van der Waals surface area contributed by atoms with Gasteiger partial charge in [-0.2, -0.15) is 0 Å². The van der Waals surface area contributed by atoms with Crippen LogP contribution in [0.25, 0.3) is 0 Å². The van der Waals surface area contributed by atoms with Crippen LogP contribution in [0.2, 0.25) is 0 Å². The quantitative estimate of drug-likeness (QED) is 0.636. The normalized spacial score (nSPS) is 10.2. The Morgan fingerprint density at radius 2 is 1.70 bits per heavy atom. The molecule has 0 aromatic heterocycles. The van der Waals surface area contributed by atoms with Crippen LogP contribution < -0.4 is 5.73 Å². The van der Waals surface area contributed by atoms with E-state index in [0.717, 1.165) is 13.5 Å². The van der Waals surface area contributed by atoms with E-state index in [-0.39, 0.29) is 5.54 Å². The molecule has 0 radical (unpaired) electrons. The largest absolute Gasteiger partial charge is 0.400 e. The van der Waals surface area contributed by atoms with Crippen LogP contribution in [0.4, 0.5) is 0 Å². The number of nitrogens with two attached hydrogens (primary N) is 1.